The van der Waals surface area contributed by atoms with E-state index in [0.29, 0.717) is 36.1 Å². The third kappa shape index (κ3) is 6.39. The van der Waals surface area contributed by atoms with Crippen LogP contribution in [0.15, 0.2) is 48.5 Å². The van der Waals surface area contributed by atoms with E-state index in [4.69, 9.17) is 0 Å². The van der Waals surface area contributed by atoms with Crippen LogP contribution in [-0.2, 0) is 0 Å². The van der Waals surface area contributed by atoms with Crippen molar-refractivity contribution in [1.82, 2.24) is 9.80 Å². The normalized spacial score (nSPS) is 18.8. The standard InChI is InChI=1S/C28H36N2O4/c31-19-21-9-13-29(14-10-21)17-27(33)25-5-1-23(2-6-25)24-3-7-26(8-4-24)28(34)18-30-15-11-22(20-32)12-16-30/h1-8,21-22,31-32H,9-20H2. The Labute approximate surface area is 202 Å². The van der Waals surface area contributed by atoms with E-state index in [9.17, 15) is 19.8 Å². The van der Waals surface area contributed by atoms with Gasteiger partial charge in [0, 0.05) is 24.3 Å². The average molecular weight is 465 g/mol. The SMILES string of the molecule is O=C(CN1CCC(CO)CC1)c1ccc(-c2ccc(C(=O)CN3CCC(CO)CC3)cc2)cc1. The fourth-order valence-corrected chi connectivity index (χ4v) is 4.94. The number of Topliss-reactive ketones (excluding diaryl/α,β-unsaturated/α-hetero) is 2. The molecule has 2 aromatic rings. The van der Waals surface area contributed by atoms with Gasteiger partial charge in [-0.25, -0.2) is 0 Å². The third-order valence-corrected chi connectivity index (χ3v) is 7.41. The van der Waals surface area contributed by atoms with Gasteiger partial charge in [0.2, 0.25) is 0 Å². The van der Waals surface area contributed by atoms with Gasteiger partial charge >= 0.3 is 0 Å². The lowest BCUT2D eigenvalue weighted by atomic mass is 9.96. The zero-order valence-electron chi connectivity index (χ0n) is 19.9. The van der Waals surface area contributed by atoms with Crippen molar-refractivity contribution in [2.75, 3.05) is 52.5 Å². The zero-order valence-corrected chi connectivity index (χ0v) is 19.9. The molecular formula is C28H36N2O4. The predicted molar refractivity (Wildman–Crippen MR) is 133 cm³/mol. The number of carbonyl (C=O) groups is 2. The minimum Gasteiger partial charge on any atom is -0.396 e. The first-order valence-corrected chi connectivity index (χ1v) is 12.5. The van der Waals surface area contributed by atoms with E-state index in [-0.39, 0.29) is 24.8 Å². The van der Waals surface area contributed by atoms with Crippen LogP contribution in [0.4, 0.5) is 0 Å². The van der Waals surface area contributed by atoms with Gasteiger partial charge < -0.3 is 10.2 Å². The summed E-state index contributed by atoms with van der Waals surface area (Å²) in [6, 6.07) is 15.4. The quantitative estimate of drug-likeness (QED) is 0.555. The van der Waals surface area contributed by atoms with Crippen LogP contribution in [0.2, 0.25) is 0 Å². The van der Waals surface area contributed by atoms with Crippen molar-refractivity contribution in [1.29, 1.82) is 0 Å². The van der Waals surface area contributed by atoms with Crippen LogP contribution in [0, 0.1) is 11.8 Å². The number of hydrogen-bond acceptors (Lipinski definition) is 6. The average Bonchev–Trinajstić information content (AvgIpc) is 2.89. The molecule has 6 heteroatoms. The fourth-order valence-electron chi connectivity index (χ4n) is 4.94. The molecule has 2 aromatic carbocycles. The Morgan fingerprint density at radius 3 is 1.24 bits per heavy atom. The van der Waals surface area contributed by atoms with Crippen molar-refractivity contribution in [2.24, 2.45) is 11.8 Å². The maximum absolute atomic E-state index is 12.7. The molecule has 2 saturated heterocycles. The van der Waals surface area contributed by atoms with Crippen molar-refractivity contribution in [3.05, 3.63) is 59.7 Å². The van der Waals surface area contributed by atoms with E-state index in [2.05, 4.69) is 9.80 Å². The van der Waals surface area contributed by atoms with E-state index in [0.717, 1.165) is 63.0 Å². The maximum atomic E-state index is 12.7. The van der Waals surface area contributed by atoms with E-state index in [1.54, 1.807) is 0 Å². The van der Waals surface area contributed by atoms with Gasteiger partial charge in [0.1, 0.15) is 0 Å². The van der Waals surface area contributed by atoms with Gasteiger partial charge in [0.05, 0.1) is 13.1 Å². The third-order valence-electron chi connectivity index (χ3n) is 7.41. The summed E-state index contributed by atoms with van der Waals surface area (Å²) < 4.78 is 0. The molecule has 2 aliphatic heterocycles. The second-order valence-electron chi connectivity index (χ2n) is 9.81. The van der Waals surface area contributed by atoms with Gasteiger partial charge in [0.25, 0.3) is 0 Å². The highest BCUT2D eigenvalue weighted by atomic mass is 16.3. The van der Waals surface area contributed by atoms with Crippen LogP contribution in [0.3, 0.4) is 0 Å². The molecule has 34 heavy (non-hydrogen) atoms. The van der Waals surface area contributed by atoms with Crippen LogP contribution >= 0.6 is 0 Å². The highest BCUT2D eigenvalue weighted by Crippen LogP contribution is 2.22. The summed E-state index contributed by atoms with van der Waals surface area (Å²) in [6.07, 6.45) is 3.79. The Bertz CT molecular complexity index is 862. The molecular weight excluding hydrogens is 428 g/mol. The minimum absolute atomic E-state index is 0.123. The number of aliphatic hydroxyl groups is 2. The smallest absolute Gasteiger partial charge is 0.176 e. The number of aliphatic hydroxyl groups excluding tert-OH is 2. The van der Waals surface area contributed by atoms with Gasteiger partial charge in [-0.3, -0.25) is 19.4 Å². The van der Waals surface area contributed by atoms with Gasteiger partial charge in [-0.15, -0.1) is 0 Å². The fraction of sp³-hybridized carbons (Fsp3) is 0.500. The van der Waals surface area contributed by atoms with Crippen molar-refractivity contribution < 1.29 is 19.8 Å². The van der Waals surface area contributed by atoms with Crippen molar-refractivity contribution in [3.8, 4) is 11.1 Å². The van der Waals surface area contributed by atoms with Gasteiger partial charge in [-0.1, -0.05) is 48.5 Å². The van der Waals surface area contributed by atoms with Crippen molar-refractivity contribution in [3.63, 3.8) is 0 Å². The van der Waals surface area contributed by atoms with Gasteiger partial charge in [0.15, 0.2) is 11.6 Å². The Kier molecular flexibility index (Phi) is 8.62. The van der Waals surface area contributed by atoms with E-state index in [1.165, 1.54) is 0 Å². The molecule has 2 fully saturated rings. The Hall–Kier alpha value is -2.38. The minimum atomic E-state index is 0.123. The number of ketones is 2. The number of carbonyl (C=O) groups excluding carboxylic acids is 2. The van der Waals surface area contributed by atoms with E-state index >= 15 is 0 Å². The van der Waals surface area contributed by atoms with Crippen LogP contribution < -0.4 is 0 Å². The largest absolute Gasteiger partial charge is 0.396 e. The van der Waals surface area contributed by atoms with Crippen LogP contribution in [0.1, 0.15) is 46.4 Å². The molecule has 0 aliphatic carbocycles. The Balaban J connectivity index is 1.29. The summed E-state index contributed by atoms with van der Waals surface area (Å²) in [6.45, 7) is 4.77. The molecule has 4 rings (SSSR count). The lowest BCUT2D eigenvalue weighted by Gasteiger charge is -2.30. The van der Waals surface area contributed by atoms with Crippen LogP contribution in [-0.4, -0.2) is 84.1 Å². The molecule has 0 radical (unpaired) electrons. The molecule has 0 aromatic heterocycles. The highest BCUT2D eigenvalue weighted by molar-refractivity contribution is 5.99. The monoisotopic (exact) mass is 464 g/mol. The maximum Gasteiger partial charge on any atom is 0.176 e. The van der Waals surface area contributed by atoms with Gasteiger partial charge in [-0.2, -0.15) is 0 Å². The second kappa shape index (κ2) is 11.8. The lowest BCUT2D eigenvalue weighted by Crippen LogP contribution is -2.38. The molecule has 182 valence electrons. The number of hydrogen-bond donors (Lipinski definition) is 2. The summed E-state index contributed by atoms with van der Waals surface area (Å²) >= 11 is 0. The van der Waals surface area contributed by atoms with Crippen molar-refractivity contribution >= 4 is 11.6 Å². The number of rotatable bonds is 9. The summed E-state index contributed by atoms with van der Waals surface area (Å²) in [4.78, 5) is 29.7. The molecule has 2 N–H and O–H groups in total. The molecule has 0 amide bonds. The van der Waals surface area contributed by atoms with Crippen LogP contribution in [0.5, 0.6) is 0 Å². The first kappa shape index (κ1) is 24.7. The van der Waals surface area contributed by atoms with Crippen molar-refractivity contribution in [2.45, 2.75) is 25.7 Å². The summed E-state index contributed by atoms with van der Waals surface area (Å²) in [5, 5.41) is 18.5. The van der Waals surface area contributed by atoms with Gasteiger partial charge in [-0.05, 0) is 74.8 Å². The first-order valence-electron chi connectivity index (χ1n) is 12.5. The molecule has 0 bridgehead atoms. The summed E-state index contributed by atoms with van der Waals surface area (Å²) in [5.41, 5.74) is 3.46. The number of benzene rings is 2. The van der Waals surface area contributed by atoms with Crippen LogP contribution in [0.25, 0.3) is 11.1 Å². The summed E-state index contributed by atoms with van der Waals surface area (Å²) in [5.74, 6) is 0.990. The molecule has 0 unspecified atom stereocenters. The summed E-state index contributed by atoms with van der Waals surface area (Å²) in [7, 11) is 0. The molecule has 0 atom stereocenters. The highest BCUT2D eigenvalue weighted by Gasteiger charge is 2.22. The molecule has 2 aliphatic rings. The number of likely N-dealkylation sites (tertiary alicyclic amines) is 2. The predicted octanol–water partition coefficient (Wildman–Crippen LogP) is 3.13. The Morgan fingerprint density at radius 2 is 0.941 bits per heavy atom. The van der Waals surface area contributed by atoms with E-state index < -0.39 is 0 Å². The topological polar surface area (TPSA) is 81.1 Å². The molecule has 0 saturated carbocycles. The number of nitrogens with zero attached hydrogens (tertiary/aromatic N) is 2. The second-order valence-corrected chi connectivity index (χ2v) is 9.81. The lowest BCUT2D eigenvalue weighted by molar-refractivity contribution is 0.0856. The van der Waals surface area contributed by atoms with E-state index in [1.807, 2.05) is 48.5 Å². The number of piperidine rings is 2. The molecule has 6 nitrogen and oxygen atoms in total. The Morgan fingerprint density at radius 1 is 0.618 bits per heavy atom. The molecule has 0 spiro atoms. The zero-order chi connectivity index (χ0) is 23.9. The molecule has 2 heterocycles. The first-order chi connectivity index (χ1) is 16.6.